The fourth-order valence-electron chi connectivity index (χ4n) is 8.58. The molecule has 6 heteroatoms. The predicted molar refractivity (Wildman–Crippen MR) is 287 cm³/mol. The number of aliphatic hydroxyl groups is 2. The number of ether oxygens (including phenoxy) is 1. The van der Waals surface area contributed by atoms with Gasteiger partial charge in [-0.05, 0) is 64.2 Å². The maximum absolute atomic E-state index is 13.3. The van der Waals surface area contributed by atoms with Gasteiger partial charge in [-0.15, -0.1) is 0 Å². The van der Waals surface area contributed by atoms with Crippen molar-refractivity contribution in [2.45, 2.75) is 302 Å². The van der Waals surface area contributed by atoms with E-state index in [1.54, 1.807) is 0 Å². The highest BCUT2D eigenvalue weighted by atomic mass is 16.5. The molecule has 0 bridgehead atoms. The molecule has 0 saturated heterocycles. The Bertz CT molecular complexity index is 1170. The lowest BCUT2D eigenvalue weighted by atomic mass is 10.0. The van der Waals surface area contributed by atoms with Crippen LogP contribution in [0.2, 0.25) is 0 Å². The van der Waals surface area contributed by atoms with E-state index in [1.165, 1.54) is 154 Å². The number of carbonyl (C=O) groups excluding carboxylic acids is 2. The molecule has 3 unspecified atom stereocenters. The van der Waals surface area contributed by atoms with Crippen LogP contribution in [0.3, 0.4) is 0 Å². The number of nitrogens with one attached hydrogen (secondary N) is 1. The molecule has 384 valence electrons. The Kier molecular flexibility index (Phi) is 51.5. The first kappa shape index (κ1) is 63.6. The van der Waals surface area contributed by atoms with E-state index in [2.05, 4.69) is 86.8 Å². The number of carbonyl (C=O) groups is 2. The lowest BCUT2D eigenvalue weighted by molar-refractivity contribution is -0.151. The molecule has 0 saturated carbocycles. The summed E-state index contributed by atoms with van der Waals surface area (Å²) in [4.78, 5) is 26.2. The molecule has 6 nitrogen and oxygen atoms in total. The summed E-state index contributed by atoms with van der Waals surface area (Å²) in [6.07, 6.45) is 67.2. The number of rotatable bonds is 51. The van der Waals surface area contributed by atoms with E-state index in [-0.39, 0.29) is 24.9 Å². The molecule has 0 fully saturated rings. The summed E-state index contributed by atoms with van der Waals surface area (Å²) >= 11 is 0. The van der Waals surface area contributed by atoms with Gasteiger partial charge in [0.15, 0.2) is 0 Å². The molecule has 3 atom stereocenters. The van der Waals surface area contributed by atoms with E-state index in [0.29, 0.717) is 19.3 Å². The van der Waals surface area contributed by atoms with Gasteiger partial charge in [-0.3, -0.25) is 9.59 Å². The predicted octanol–water partition coefficient (Wildman–Crippen LogP) is 17.6. The normalized spacial score (nSPS) is 13.6. The third-order valence-corrected chi connectivity index (χ3v) is 12.9. The quantitative estimate of drug-likeness (QED) is 0.0321. The molecular weight excluding hydrogens is 815 g/mol. The van der Waals surface area contributed by atoms with Crippen molar-refractivity contribution in [1.29, 1.82) is 0 Å². The van der Waals surface area contributed by atoms with Crippen molar-refractivity contribution in [2.75, 3.05) is 6.61 Å². The summed E-state index contributed by atoms with van der Waals surface area (Å²) in [5.74, 6) is -0.521. The summed E-state index contributed by atoms with van der Waals surface area (Å²) in [6.45, 7) is 6.38. The van der Waals surface area contributed by atoms with Gasteiger partial charge in [0.1, 0.15) is 6.10 Å². The highest BCUT2D eigenvalue weighted by molar-refractivity contribution is 5.77. The van der Waals surface area contributed by atoms with Gasteiger partial charge >= 0.3 is 5.97 Å². The van der Waals surface area contributed by atoms with Crippen molar-refractivity contribution in [3.63, 3.8) is 0 Å². The molecule has 0 rings (SSSR count). The van der Waals surface area contributed by atoms with Crippen LogP contribution in [0.25, 0.3) is 0 Å². The van der Waals surface area contributed by atoms with Crippen molar-refractivity contribution in [3.8, 4) is 0 Å². The van der Waals surface area contributed by atoms with Crippen LogP contribution in [0, 0.1) is 0 Å². The van der Waals surface area contributed by atoms with Crippen LogP contribution in [0.5, 0.6) is 0 Å². The summed E-state index contributed by atoms with van der Waals surface area (Å²) in [7, 11) is 0. The molecule has 0 aliphatic heterocycles. The summed E-state index contributed by atoms with van der Waals surface area (Å²) in [5, 5.41) is 23.9. The van der Waals surface area contributed by atoms with Crippen molar-refractivity contribution < 1.29 is 24.5 Å². The number of unbranched alkanes of at least 4 members (excludes halogenated alkanes) is 29. The molecule has 0 heterocycles. The lowest BCUT2D eigenvalue weighted by Gasteiger charge is -2.24. The van der Waals surface area contributed by atoms with Crippen molar-refractivity contribution in [2.24, 2.45) is 0 Å². The molecular formula is C60H109NO5. The van der Waals surface area contributed by atoms with Gasteiger partial charge in [-0.25, -0.2) is 0 Å². The smallest absolute Gasteiger partial charge is 0.306 e. The topological polar surface area (TPSA) is 95.9 Å². The number of amides is 1. The molecule has 3 N–H and O–H groups in total. The van der Waals surface area contributed by atoms with Crippen LogP contribution >= 0.6 is 0 Å². The minimum Gasteiger partial charge on any atom is -0.462 e. The van der Waals surface area contributed by atoms with E-state index in [9.17, 15) is 19.8 Å². The SMILES string of the molecule is CC/C=C\C/C=C\C/C=C\C/C=C\C/C=C\CCCC(CC(=O)NC(CO)C(O)CCCCCCCCCCCCCCCCCCC)OC(=O)CCCCCCCCCCCCCCC. The van der Waals surface area contributed by atoms with Crippen LogP contribution in [0.4, 0.5) is 0 Å². The first-order valence-corrected chi connectivity index (χ1v) is 28.5. The monoisotopic (exact) mass is 924 g/mol. The van der Waals surface area contributed by atoms with Gasteiger partial charge in [-0.2, -0.15) is 0 Å². The molecule has 0 aliphatic carbocycles. The number of esters is 1. The maximum Gasteiger partial charge on any atom is 0.306 e. The standard InChI is InChI=1S/C60H109NO5/c1-4-7-10-13-16-19-22-25-27-29-31-34-36-39-42-45-48-51-56(66-60(65)53-50-47-44-41-38-33-24-21-18-15-12-9-6-3)54-59(64)61-57(55-62)58(63)52-49-46-43-40-37-35-32-30-28-26-23-20-17-14-11-8-5-2/h7,10,16,19,25,27,31,34,39,42,56-58,62-63H,4-6,8-9,11-15,17-18,20-24,26,28-30,32-33,35-38,40-41,43-55H2,1-3H3,(H,61,64)/b10-7-,19-16-,27-25-,34-31-,42-39-. The van der Waals surface area contributed by atoms with Gasteiger partial charge in [0.05, 0.1) is 25.2 Å². The van der Waals surface area contributed by atoms with Crippen molar-refractivity contribution >= 4 is 11.9 Å². The molecule has 1 amide bonds. The number of allylic oxidation sites excluding steroid dienone is 10. The maximum atomic E-state index is 13.3. The second kappa shape index (κ2) is 53.5. The van der Waals surface area contributed by atoms with E-state index >= 15 is 0 Å². The van der Waals surface area contributed by atoms with Crippen molar-refractivity contribution in [3.05, 3.63) is 60.8 Å². The van der Waals surface area contributed by atoms with Gasteiger partial charge in [0, 0.05) is 6.42 Å². The van der Waals surface area contributed by atoms with E-state index in [1.807, 2.05) is 0 Å². The van der Waals surface area contributed by atoms with E-state index in [4.69, 9.17) is 4.74 Å². The van der Waals surface area contributed by atoms with Gasteiger partial charge in [0.25, 0.3) is 0 Å². The molecule has 0 radical (unpaired) electrons. The van der Waals surface area contributed by atoms with Gasteiger partial charge in [0.2, 0.25) is 5.91 Å². The third kappa shape index (κ3) is 48.0. The van der Waals surface area contributed by atoms with Crippen LogP contribution in [0.1, 0.15) is 284 Å². The van der Waals surface area contributed by atoms with Crippen LogP contribution in [-0.4, -0.2) is 46.9 Å². The van der Waals surface area contributed by atoms with Crippen LogP contribution < -0.4 is 5.32 Å². The Morgan fingerprint density at radius 2 is 0.818 bits per heavy atom. The van der Waals surface area contributed by atoms with Gasteiger partial charge in [-0.1, -0.05) is 268 Å². The zero-order chi connectivity index (χ0) is 48.1. The number of hydrogen-bond donors (Lipinski definition) is 3. The Morgan fingerprint density at radius 3 is 1.21 bits per heavy atom. The molecule has 0 aromatic carbocycles. The fraction of sp³-hybridized carbons (Fsp3) is 0.800. The minimum atomic E-state index is -0.804. The number of aliphatic hydroxyl groups excluding tert-OH is 2. The first-order valence-electron chi connectivity index (χ1n) is 28.5. The molecule has 0 aromatic rings. The number of hydrogen-bond acceptors (Lipinski definition) is 5. The average Bonchev–Trinajstić information content (AvgIpc) is 3.31. The molecule has 66 heavy (non-hydrogen) atoms. The Labute approximate surface area is 409 Å². The largest absolute Gasteiger partial charge is 0.462 e. The van der Waals surface area contributed by atoms with E-state index < -0.39 is 18.2 Å². The Morgan fingerprint density at radius 1 is 0.455 bits per heavy atom. The summed E-state index contributed by atoms with van der Waals surface area (Å²) in [6, 6.07) is -0.720. The summed E-state index contributed by atoms with van der Waals surface area (Å²) < 4.78 is 5.93. The van der Waals surface area contributed by atoms with Crippen molar-refractivity contribution in [1.82, 2.24) is 5.32 Å². The zero-order valence-corrected chi connectivity index (χ0v) is 43.8. The summed E-state index contributed by atoms with van der Waals surface area (Å²) in [5.41, 5.74) is 0. The first-order chi connectivity index (χ1) is 32.5. The lowest BCUT2D eigenvalue weighted by Crippen LogP contribution is -2.46. The molecule has 0 aromatic heterocycles. The second-order valence-electron chi connectivity index (χ2n) is 19.3. The Hall–Kier alpha value is -2.44. The molecule has 0 spiro atoms. The molecule has 0 aliphatic rings. The third-order valence-electron chi connectivity index (χ3n) is 12.9. The second-order valence-corrected chi connectivity index (χ2v) is 19.3. The van der Waals surface area contributed by atoms with E-state index in [0.717, 1.165) is 83.5 Å². The highest BCUT2D eigenvalue weighted by Crippen LogP contribution is 2.18. The Balaban J connectivity index is 4.62. The highest BCUT2D eigenvalue weighted by Gasteiger charge is 2.24. The van der Waals surface area contributed by atoms with Gasteiger partial charge < -0.3 is 20.3 Å². The fourth-order valence-corrected chi connectivity index (χ4v) is 8.58. The van der Waals surface area contributed by atoms with Crippen LogP contribution in [0.15, 0.2) is 60.8 Å². The minimum absolute atomic E-state index is 0.0400. The van der Waals surface area contributed by atoms with Crippen LogP contribution in [-0.2, 0) is 14.3 Å². The zero-order valence-electron chi connectivity index (χ0n) is 43.8. The average molecular weight is 925 g/mol.